The molecule has 1 heterocycles. The Balaban J connectivity index is 1.90. The molecule has 0 spiro atoms. The first kappa shape index (κ1) is 14.3. The van der Waals surface area contributed by atoms with E-state index in [4.69, 9.17) is 4.74 Å². The maximum absolute atomic E-state index is 5.33. The zero-order valence-corrected chi connectivity index (χ0v) is 11.6. The van der Waals surface area contributed by atoms with Gasteiger partial charge in [-0.3, -0.25) is 4.90 Å². The summed E-state index contributed by atoms with van der Waals surface area (Å²) in [6.45, 7) is 13.4. The summed E-state index contributed by atoms with van der Waals surface area (Å²) in [6, 6.07) is 0. The zero-order chi connectivity index (χ0) is 11.6. The summed E-state index contributed by atoms with van der Waals surface area (Å²) >= 11 is 2.08. The van der Waals surface area contributed by atoms with Gasteiger partial charge in [-0.25, -0.2) is 0 Å². The van der Waals surface area contributed by atoms with Gasteiger partial charge in [0.05, 0.1) is 13.2 Å². The Kier molecular flexibility index (Phi) is 8.29. The van der Waals surface area contributed by atoms with Gasteiger partial charge in [-0.15, -0.1) is 0 Å². The minimum Gasteiger partial charge on any atom is -0.379 e. The summed E-state index contributed by atoms with van der Waals surface area (Å²) in [5.41, 5.74) is 0. The van der Waals surface area contributed by atoms with Crippen LogP contribution < -0.4 is 0 Å². The van der Waals surface area contributed by atoms with E-state index in [2.05, 4.69) is 35.4 Å². The van der Waals surface area contributed by atoms with E-state index in [0.29, 0.717) is 0 Å². The fourth-order valence-electron chi connectivity index (χ4n) is 1.85. The van der Waals surface area contributed by atoms with Gasteiger partial charge in [-0.05, 0) is 13.1 Å². The quantitative estimate of drug-likeness (QED) is 0.601. The molecule has 0 N–H and O–H groups in total. The second-order valence-corrected chi connectivity index (χ2v) is 5.32. The molecule has 0 amide bonds. The van der Waals surface area contributed by atoms with Gasteiger partial charge in [0, 0.05) is 37.7 Å². The zero-order valence-electron chi connectivity index (χ0n) is 10.8. The third-order valence-electron chi connectivity index (χ3n) is 3.10. The smallest absolute Gasteiger partial charge is 0.0594 e. The lowest BCUT2D eigenvalue weighted by atomic mass is 10.4. The summed E-state index contributed by atoms with van der Waals surface area (Å²) in [7, 11) is 0. The highest BCUT2D eigenvalue weighted by Gasteiger charge is 2.09. The molecule has 0 aromatic heterocycles. The molecule has 3 nitrogen and oxygen atoms in total. The van der Waals surface area contributed by atoms with Crippen molar-refractivity contribution in [2.45, 2.75) is 13.8 Å². The van der Waals surface area contributed by atoms with Crippen LogP contribution in [0, 0.1) is 0 Å². The van der Waals surface area contributed by atoms with E-state index < -0.39 is 0 Å². The fraction of sp³-hybridized carbons (Fsp3) is 1.00. The van der Waals surface area contributed by atoms with Crippen molar-refractivity contribution in [3.63, 3.8) is 0 Å². The van der Waals surface area contributed by atoms with E-state index in [1.54, 1.807) is 0 Å². The standard InChI is InChI=1S/C12H26N2OS/c1-3-13(4-2)7-11-16-12-8-14-5-9-15-10-6-14/h3-12H2,1-2H3. The van der Waals surface area contributed by atoms with Crippen molar-refractivity contribution < 1.29 is 4.74 Å². The Labute approximate surface area is 105 Å². The van der Waals surface area contributed by atoms with E-state index in [1.165, 1.54) is 37.7 Å². The van der Waals surface area contributed by atoms with Crippen LogP contribution in [0.4, 0.5) is 0 Å². The van der Waals surface area contributed by atoms with Crippen LogP contribution >= 0.6 is 11.8 Å². The second-order valence-electron chi connectivity index (χ2n) is 4.09. The summed E-state index contributed by atoms with van der Waals surface area (Å²) in [5.74, 6) is 2.54. The molecule has 0 aromatic rings. The number of thioether (sulfide) groups is 1. The molecular formula is C12H26N2OS. The number of hydrogen-bond acceptors (Lipinski definition) is 4. The fourth-order valence-corrected chi connectivity index (χ4v) is 2.83. The molecule has 1 aliphatic rings. The Hall–Kier alpha value is 0.230. The molecule has 16 heavy (non-hydrogen) atoms. The molecule has 0 saturated carbocycles. The number of morpholine rings is 1. The first-order valence-electron chi connectivity index (χ1n) is 6.47. The third-order valence-corrected chi connectivity index (χ3v) is 4.04. The van der Waals surface area contributed by atoms with Crippen LogP contribution in [0.15, 0.2) is 0 Å². The van der Waals surface area contributed by atoms with Crippen molar-refractivity contribution in [3.8, 4) is 0 Å². The molecule has 1 rings (SSSR count). The van der Waals surface area contributed by atoms with Crippen molar-refractivity contribution in [1.82, 2.24) is 9.80 Å². The highest BCUT2D eigenvalue weighted by Crippen LogP contribution is 2.04. The van der Waals surface area contributed by atoms with Crippen LogP contribution in [0.3, 0.4) is 0 Å². The second kappa shape index (κ2) is 9.28. The molecule has 1 saturated heterocycles. The summed E-state index contributed by atoms with van der Waals surface area (Å²) < 4.78 is 5.33. The molecule has 1 aliphatic heterocycles. The molecule has 96 valence electrons. The van der Waals surface area contributed by atoms with E-state index in [-0.39, 0.29) is 0 Å². The molecule has 0 unspecified atom stereocenters. The first-order valence-corrected chi connectivity index (χ1v) is 7.62. The molecule has 0 radical (unpaired) electrons. The minimum atomic E-state index is 0.921. The van der Waals surface area contributed by atoms with Gasteiger partial charge in [0.2, 0.25) is 0 Å². The molecule has 0 atom stereocenters. The van der Waals surface area contributed by atoms with Crippen LogP contribution in [0.2, 0.25) is 0 Å². The minimum absolute atomic E-state index is 0.921. The van der Waals surface area contributed by atoms with Gasteiger partial charge in [0.15, 0.2) is 0 Å². The largest absolute Gasteiger partial charge is 0.379 e. The lowest BCUT2D eigenvalue weighted by molar-refractivity contribution is 0.0410. The van der Waals surface area contributed by atoms with Gasteiger partial charge in [-0.1, -0.05) is 13.8 Å². The van der Waals surface area contributed by atoms with Crippen LogP contribution in [-0.4, -0.2) is 73.8 Å². The van der Waals surface area contributed by atoms with Crippen LogP contribution in [0.1, 0.15) is 13.8 Å². The monoisotopic (exact) mass is 246 g/mol. The molecule has 0 aliphatic carbocycles. The normalized spacial score (nSPS) is 18.2. The Morgan fingerprint density at radius 2 is 1.81 bits per heavy atom. The SMILES string of the molecule is CCN(CC)CCSCCN1CCOCC1. The summed E-state index contributed by atoms with van der Waals surface area (Å²) in [5, 5.41) is 0. The average Bonchev–Trinajstić information content (AvgIpc) is 2.35. The van der Waals surface area contributed by atoms with Crippen molar-refractivity contribution in [3.05, 3.63) is 0 Å². The van der Waals surface area contributed by atoms with Crippen LogP contribution in [0.5, 0.6) is 0 Å². The number of ether oxygens (including phenoxy) is 1. The lowest BCUT2D eigenvalue weighted by Gasteiger charge is -2.26. The van der Waals surface area contributed by atoms with Crippen LogP contribution in [-0.2, 0) is 4.74 Å². The van der Waals surface area contributed by atoms with Gasteiger partial charge in [-0.2, -0.15) is 11.8 Å². The van der Waals surface area contributed by atoms with E-state index in [0.717, 1.165) is 26.3 Å². The molecular weight excluding hydrogens is 220 g/mol. The average molecular weight is 246 g/mol. The lowest BCUT2D eigenvalue weighted by Crippen LogP contribution is -2.37. The first-order chi connectivity index (χ1) is 7.86. The van der Waals surface area contributed by atoms with Gasteiger partial charge in [0.25, 0.3) is 0 Å². The Morgan fingerprint density at radius 1 is 1.12 bits per heavy atom. The highest BCUT2D eigenvalue weighted by molar-refractivity contribution is 7.99. The van der Waals surface area contributed by atoms with Gasteiger partial charge >= 0.3 is 0 Å². The van der Waals surface area contributed by atoms with E-state index >= 15 is 0 Å². The predicted octanol–water partition coefficient (Wildman–Crippen LogP) is 1.39. The summed E-state index contributed by atoms with van der Waals surface area (Å²) in [4.78, 5) is 5.00. The summed E-state index contributed by atoms with van der Waals surface area (Å²) in [6.07, 6.45) is 0. The van der Waals surface area contributed by atoms with Crippen LogP contribution in [0.25, 0.3) is 0 Å². The van der Waals surface area contributed by atoms with Gasteiger partial charge < -0.3 is 9.64 Å². The maximum Gasteiger partial charge on any atom is 0.0594 e. The van der Waals surface area contributed by atoms with Crippen molar-refractivity contribution in [2.24, 2.45) is 0 Å². The maximum atomic E-state index is 5.33. The van der Waals surface area contributed by atoms with Crippen molar-refractivity contribution >= 4 is 11.8 Å². The number of hydrogen-bond donors (Lipinski definition) is 0. The Bertz CT molecular complexity index is 159. The number of nitrogens with zero attached hydrogens (tertiary/aromatic N) is 2. The van der Waals surface area contributed by atoms with Gasteiger partial charge in [0.1, 0.15) is 0 Å². The highest BCUT2D eigenvalue weighted by atomic mass is 32.2. The molecule has 0 aromatic carbocycles. The number of rotatable bonds is 8. The van der Waals surface area contributed by atoms with Crippen molar-refractivity contribution in [2.75, 3.05) is 64.0 Å². The Morgan fingerprint density at radius 3 is 2.44 bits per heavy atom. The molecule has 4 heteroatoms. The van der Waals surface area contributed by atoms with Crippen molar-refractivity contribution in [1.29, 1.82) is 0 Å². The molecule has 1 fully saturated rings. The van der Waals surface area contributed by atoms with E-state index in [9.17, 15) is 0 Å². The van der Waals surface area contributed by atoms with E-state index in [1.807, 2.05) is 0 Å². The topological polar surface area (TPSA) is 15.7 Å². The third kappa shape index (κ3) is 6.09. The molecule has 0 bridgehead atoms. The predicted molar refractivity (Wildman–Crippen MR) is 72.4 cm³/mol.